The molecule has 1 fully saturated rings. The Kier molecular flexibility index (Phi) is 6.42. The molecule has 1 aliphatic rings. The number of aliphatic hydroxyl groups excluding tert-OH is 1. The first-order valence-electron chi connectivity index (χ1n) is 10.3. The van der Waals surface area contributed by atoms with E-state index in [1.807, 2.05) is 11.9 Å². The average Bonchev–Trinajstić information content (AvgIpc) is 3.17. The van der Waals surface area contributed by atoms with Gasteiger partial charge in [-0.3, -0.25) is 14.9 Å². The number of ether oxygens (including phenoxy) is 2. The molecular formula is C23H23BrN2O7. The second-order valence-electron chi connectivity index (χ2n) is 7.92. The summed E-state index contributed by atoms with van der Waals surface area (Å²) in [4.78, 5) is 26.9. The minimum absolute atomic E-state index is 0.132. The lowest BCUT2D eigenvalue weighted by Crippen LogP contribution is -2.33. The number of halogens is 1. The summed E-state index contributed by atoms with van der Waals surface area (Å²) in [6.07, 6.45) is 0.621. The predicted molar refractivity (Wildman–Crippen MR) is 126 cm³/mol. The van der Waals surface area contributed by atoms with Crippen LogP contribution in [0.25, 0.3) is 22.3 Å². The Balaban J connectivity index is 2.12. The van der Waals surface area contributed by atoms with Crippen molar-refractivity contribution in [2.45, 2.75) is 18.4 Å². The SMILES string of the molecule is COc1cc(OC)c2c(=O)c([C@H]3CCN(C)[C@@H]3CO)c(-c3cc([N+](=O)[O-])ccc3Br)oc2c1. The largest absolute Gasteiger partial charge is 0.496 e. The molecule has 0 saturated carbocycles. The fraction of sp³-hybridized carbons (Fsp3) is 0.348. The maximum Gasteiger partial charge on any atom is 0.270 e. The Hall–Kier alpha value is -2.95. The van der Waals surface area contributed by atoms with Gasteiger partial charge in [0.05, 0.1) is 25.7 Å². The van der Waals surface area contributed by atoms with Crippen molar-refractivity contribution in [3.63, 3.8) is 0 Å². The average molecular weight is 519 g/mol. The van der Waals surface area contributed by atoms with Crippen molar-refractivity contribution in [1.29, 1.82) is 0 Å². The van der Waals surface area contributed by atoms with E-state index in [0.717, 1.165) is 0 Å². The van der Waals surface area contributed by atoms with E-state index in [4.69, 9.17) is 13.9 Å². The molecule has 3 aromatic rings. The van der Waals surface area contributed by atoms with Crippen molar-refractivity contribution in [3.05, 3.63) is 60.7 Å². The Bertz CT molecular complexity index is 1290. The quantitative estimate of drug-likeness (QED) is 0.385. The van der Waals surface area contributed by atoms with E-state index in [-0.39, 0.29) is 46.4 Å². The number of fused-ring (bicyclic) bond motifs is 1. The Morgan fingerprint density at radius 2 is 2.03 bits per heavy atom. The number of likely N-dealkylation sites (N-methyl/N-ethyl adjacent to an activating group) is 1. The molecule has 2 heterocycles. The molecule has 0 unspecified atom stereocenters. The van der Waals surface area contributed by atoms with Crippen molar-refractivity contribution in [2.75, 3.05) is 34.4 Å². The molecule has 9 nitrogen and oxygen atoms in total. The number of non-ortho nitro benzene ring substituents is 1. The van der Waals surface area contributed by atoms with Gasteiger partial charge in [0.15, 0.2) is 0 Å². The third kappa shape index (κ3) is 3.98. The zero-order valence-corrected chi connectivity index (χ0v) is 19.9. The maximum atomic E-state index is 14.0. The molecule has 2 atom stereocenters. The molecule has 0 spiro atoms. The number of nitrogens with zero attached hydrogens (tertiary/aromatic N) is 2. The smallest absolute Gasteiger partial charge is 0.270 e. The maximum absolute atomic E-state index is 14.0. The van der Waals surface area contributed by atoms with Crippen LogP contribution in [0, 0.1) is 10.1 Å². The van der Waals surface area contributed by atoms with Gasteiger partial charge in [0.2, 0.25) is 5.43 Å². The van der Waals surface area contributed by atoms with Crippen LogP contribution >= 0.6 is 15.9 Å². The zero-order chi connectivity index (χ0) is 23.9. The molecule has 1 aromatic heterocycles. The first kappa shape index (κ1) is 23.2. The molecule has 0 radical (unpaired) electrons. The minimum atomic E-state index is -0.499. The molecule has 10 heteroatoms. The van der Waals surface area contributed by atoms with Crippen LogP contribution < -0.4 is 14.9 Å². The van der Waals surface area contributed by atoms with E-state index in [1.54, 1.807) is 18.2 Å². The summed E-state index contributed by atoms with van der Waals surface area (Å²) in [5, 5.41) is 21.8. The molecule has 2 aromatic carbocycles. The van der Waals surface area contributed by atoms with Crippen LogP contribution in [-0.2, 0) is 0 Å². The molecule has 1 N–H and O–H groups in total. The number of methoxy groups -OCH3 is 2. The summed E-state index contributed by atoms with van der Waals surface area (Å²) in [5.41, 5.74) is 0.539. The molecule has 33 heavy (non-hydrogen) atoms. The molecule has 1 aliphatic heterocycles. The molecule has 0 aliphatic carbocycles. The van der Waals surface area contributed by atoms with Crippen LogP contribution in [0.5, 0.6) is 11.5 Å². The van der Waals surface area contributed by atoms with Gasteiger partial charge >= 0.3 is 0 Å². The van der Waals surface area contributed by atoms with E-state index < -0.39 is 4.92 Å². The van der Waals surface area contributed by atoms with E-state index in [2.05, 4.69) is 15.9 Å². The highest BCUT2D eigenvalue weighted by Gasteiger charge is 2.38. The number of nitro groups is 1. The van der Waals surface area contributed by atoms with Crippen LogP contribution in [0.15, 0.2) is 44.0 Å². The summed E-state index contributed by atoms with van der Waals surface area (Å²) in [7, 11) is 4.83. The van der Waals surface area contributed by atoms with Gasteiger partial charge < -0.3 is 23.9 Å². The van der Waals surface area contributed by atoms with Gasteiger partial charge in [0.1, 0.15) is 28.2 Å². The van der Waals surface area contributed by atoms with Crippen molar-refractivity contribution in [3.8, 4) is 22.8 Å². The standard InChI is InChI=1S/C23H23BrN2O7/c1-25-7-6-14(17(25)11-27)20-22(28)21-18(32-3)9-13(31-2)10-19(21)33-23(20)15-8-12(26(29)30)4-5-16(15)24/h4-5,8-10,14,17,27H,6-7,11H2,1-3H3/t14-,17+/m0/s1. The number of rotatable bonds is 6. The van der Waals surface area contributed by atoms with Crippen molar-refractivity contribution in [2.24, 2.45) is 0 Å². The van der Waals surface area contributed by atoms with Crippen molar-refractivity contribution in [1.82, 2.24) is 4.90 Å². The van der Waals surface area contributed by atoms with E-state index in [1.165, 1.54) is 26.4 Å². The van der Waals surface area contributed by atoms with Crippen molar-refractivity contribution < 1.29 is 23.9 Å². The van der Waals surface area contributed by atoms with Gasteiger partial charge in [-0.25, -0.2) is 0 Å². The van der Waals surface area contributed by atoms with Gasteiger partial charge in [-0.1, -0.05) is 15.9 Å². The number of benzene rings is 2. The lowest BCUT2D eigenvalue weighted by molar-refractivity contribution is -0.384. The summed E-state index contributed by atoms with van der Waals surface area (Å²) in [6.45, 7) is 0.538. The fourth-order valence-corrected chi connectivity index (χ4v) is 4.93. The lowest BCUT2D eigenvalue weighted by Gasteiger charge is -2.24. The van der Waals surface area contributed by atoms with Crippen LogP contribution in [0.1, 0.15) is 17.9 Å². The predicted octanol–water partition coefficient (Wildman–Crippen LogP) is 3.93. The summed E-state index contributed by atoms with van der Waals surface area (Å²) >= 11 is 3.45. The second kappa shape index (κ2) is 9.12. The zero-order valence-electron chi connectivity index (χ0n) is 18.3. The normalized spacial score (nSPS) is 18.6. The molecular weight excluding hydrogens is 496 g/mol. The second-order valence-corrected chi connectivity index (χ2v) is 8.78. The minimum Gasteiger partial charge on any atom is -0.496 e. The number of hydrogen-bond donors (Lipinski definition) is 1. The highest BCUT2D eigenvalue weighted by atomic mass is 79.9. The van der Waals surface area contributed by atoms with E-state index in [0.29, 0.717) is 40.1 Å². The third-order valence-corrected chi connectivity index (χ3v) is 6.90. The first-order chi connectivity index (χ1) is 15.8. The van der Waals surface area contributed by atoms with Crippen LogP contribution in [0.2, 0.25) is 0 Å². The summed E-state index contributed by atoms with van der Waals surface area (Å²) < 4.78 is 17.6. The first-order valence-corrected chi connectivity index (χ1v) is 11.1. The van der Waals surface area contributed by atoms with E-state index in [9.17, 15) is 20.0 Å². The van der Waals surface area contributed by atoms with Gasteiger partial charge in [-0.15, -0.1) is 0 Å². The Morgan fingerprint density at radius 3 is 2.67 bits per heavy atom. The molecule has 0 amide bonds. The van der Waals surface area contributed by atoms with Crippen LogP contribution in [0.3, 0.4) is 0 Å². The van der Waals surface area contributed by atoms with Crippen LogP contribution in [0.4, 0.5) is 5.69 Å². The summed E-state index contributed by atoms with van der Waals surface area (Å²) in [5.74, 6) is 0.620. The van der Waals surface area contributed by atoms with E-state index >= 15 is 0 Å². The third-order valence-electron chi connectivity index (χ3n) is 6.21. The monoisotopic (exact) mass is 518 g/mol. The van der Waals surface area contributed by atoms with Crippen LogP contribution in [-0.4, -0.2) is 55.4 Å². The summed E-state index contributed by atoms with van der Waals surface area (Å²) in [6, 6.07) is 7.20. The Labute approximate surface area is 197 Å². The molecule has 1 saturated heterocycles. The number of likely N-dealkylation sites (tertiary alicyclic amines) is 1. The van der Waals surface area contributed by atoms with Gasteiger partial charge in [0.25, 0.3) is 5.69 Å². The fourth-order valence-electron chi connectivity index (χ4n) is 4.50. The number of nitro benzene ring substituents is 1. The molecule has 4 rings (SSSR count). The topological polar surface area (TPSA) is 115 Å². The number of hydrogen-bond acceptors (Lipinski definition) is 8. The highest BCUT2D eigenvalue weighted by Crippen LogP contribution is 2.42. The number of aliphatic hydroxyl groups is 1. The molecule has 174 valence electrons. The molecule has 0 bridgehead atoms. The van der Waals surface area contributed by atoms with Gasteiger partial charge in [0, 0.05) is 51.8 Å². The lowest BCUT2D eigenvalue weighted by atomic mass is 9.88. The van der Waals surface area contributed by atoms with Gasteiger partial charge in [-0.05, 0) is 26.1 Å². The highest BCUT2D eigenvalue weighted by molar-refractivity contribution is 9.10. The van der Waals surface area contributed by atoms with Crippen molar-refractivity contribution >= 4 is 32.6 Å². The Morgan fingerprint density at radius 1 is 1.27 bits per heavy atom. The van der Waals surface area contributed by atoms with Gasteiger partial charge in [-0.2, -0.15) is 0 Å².